The van der Waals surface area contributed by atoms with Crippen molar-refractivity contribution < 1.29 is 19.8 Å². The molecule has 0 spiro atoms. The third-order valence-corrected chi connectivity index (χ3v) is 7.70. The monoisotopic (exact) mass is 476 g/mol. The van der Waals surface area contributed by atoms with Gasteiger partial charge in [-0.15, -0.1) is 0 Å². The third-order valence-electron chi connectivity index (χ3n) is 7.70. The molecule has 0 atom stereocenters. The van der Waals surface area contributed by atoms with E-state index in [4.69, 9.17) is 0 Å². The van der Waals surface area contributed by atoms with Gasteiger partial charge in [0.2, 0.25) is 5.78 Å². The van der Waals surface area contributed by atoms with Crippen LogP contribution in [0.4, 0.5) is 5.69 Å². The number of nitrogens with zero attached hydrogens (tertiary/aromatic N) is 2. The molecule has 6 nitrogen and oxygen atoms in total. The van der Waals surface area contributed by atoms with Gasteiger partial charge >= 0.3 is 0 Å². The Morgan fingerprint density at radius 3 is 2.40 bits per heavy atom. The standard InChI is InChI=1S/C29H36N2O4/c1-5-21-17(3)27(30-18(21)4)26-28(34)25(29(26)35)22-14-13-20(16-24(22)33)31(6-2)15-9-12-23(32)19-10-7-8-11-19/h13-14,16,19,33-34H,5-12,15H2,1-4H3/b27-26+. The number of Topliss-reactive ketones (excluding diaryl/α,β-unsaturated/α-hetero) is 2. The zero-order valence-electron chi connectivity index (χ0n) is 21.3. The average Bonchev–Trinajstić information content (AvgIpc) is 3.46. The van der Waals surface area contributed by atoms with E-state index in [0.717, 1.165) is 61.3 Å². The van der Waals surface area contributed by atoms with Gasteiger partial charge in [-0.25, -0.2) is 0 Å². The predicted octanol–water partition coefficient (Wildman–Crippen LogP) is 6.06. The Bertz CT molecular complexity index is 1180. The van der Waals surface area contributed by atoms with Crippen molar-refractivity contribution in [2.75, 3.05) is 18.0 Å². The molecule has 2 N–H and O–H groups in total. The molecule has 186 valence electrons. The molecule has 4 rings (SSSR count). The van der Waals surface area contributed by atoms with E-state index in [2.05, 4.69) is 9.89 Å². The molecular weight excluding hydrogens is 440 g/mol. The maximum atomic E-state index is 13.0. The summed E-state index contributed by atoms with van der Waals surface area (Å²) in [4.78, 5) is 32.1. The zero-order chi connectivity index (χ0) is 25.3. The van der Waals surface area contributed by atoms with Crippen molar-refractivity contribution in [3.8, 4) is 5.75 Å². The van der Waals surface area contributed by atoms with Crippen molar-refractivity contribution in [3.05, 3.63) is 51.9 Å². The van der Waals surface area contributed by atoms with Crippen LogP contribution in [-0.2, 0) is 9.59 Å². The number of aromatic hydroxyl groups is 1. The molecule has 1 fully saturated rings. The number of carbonyl (C=O) groups is 2. The average molecular weight is 477 g/mol. The highest BCUT2D eigenvalue weighted by Gasteiger charge is 2.40. The predicted molar refractivity (Wildman–Crippen MR) is 140 cm³/mol. The number of aliphatic imine (C=N–C) groups is 1. The number of ketones is 2. The Morgan fingerprint density at radius 1 is 1.11 bits per heavy atom. The first kappa shape index (κ1) is 25.0. The minimum Gasteiger partial charge on any atom is -0.507 e. The van der Waals surface area contributed by atoms with Gasteiger partial charge in [-0.05, 0) is 69.7 Å². The summed E-state index contributed by atoms with van der Waals surface area (Å²) in [5, 5.41) is 21.5. The molecule has 1 aromatic carbocycles. The summed E-state index contributed by atoms with van der Waals surface area (Å²) >= 11 is 0. The number of carbonyl (C=O) groups excluding carboxylic acids is 2. The SMILES string of the molecule is CCC1=C(C)/C(=C2\C(=O)C(c3ccc(N(CC)CCCC(=O)C4CCCC4)cc3O)=C2O)N=C1C. The van der Waals surface area contributed by atoms with Gasteiger partial charge in [0.15, 0.2) is 0 Å². The van der Waals surface area contributed by atoms with Crippen molar-refractivity contribution >= 4 is 28.5 Å². The molecule has 0 saturated heterocycles. The second-order valence-corrected chi connectivity index (χ2v) is 9.76. The number of hydrogen-bond acceptors (Lipinski definition) is 6. The van der Waals surface area contributed by atoms with E-state index < -0.39 is 0 Å². The minimum absolute atomic E-state index is 0.0467. The van der Waals surface area contributed by atoms with E-state index >= 15 is 0 Å². The van der Waals surface area contributed by atoms with Crippen LogP contribution in [-0.4, -0.2) is 40.6 Å². The Labute approximate surface area is 207 Å². The fourth-order valence-corrected chi connectivity index (χ4v) is 5.66. The molecule has 1 saturated carbocycles. The summed E-state index contributed by atoms with van der Waals surface area (Å²) in [5.74, 6) is 0.173. The van der Waals surface area contributed by atoms with Gasteiger partial charge in [-0.3, -0.25) is 14.6 Å². The lowest BCUT2D eigenvalue weighted by Gasteiger charge is -2.26. The summed E-state index contributed by atoms with van der Waals surface area (Å²) in [6.45, 7) is 9.38. The van der Waals surface area contributed by atoms with E-state index in [-0.39, 0.29) is 34.4 Å². The third kappa shape index (κ3) is 4.58. The molecule has 1 aliphatic heterocycles. The molecule has 0 unspecified atom stereocenters. The van der Waals surface area contributed by atoms with Crippen molar-refractivity contribution in [1.29, 1.82) is 0 Å². The Kier molecular flexibility index (Phi) is 7.29. The number of benzene rings is 1. The van der Waals surface area contributed by atoms with Crippen LogP contribution in [0.15, 0.2) is 51.4 Å². The number of aliphatic hydroxyl groups excluding tert-OH is 1. The number of phenols is 1. The number of aliphatic hydroxyl groups is 1. The van der Waals surface area contributed by atoms with Crippen LogP contribution in [0.3, 0.4) is 0 Å². The van der Waals surface area contributed by atoms with Gasteiger partial charge in [0, 0.05) is 48.5 Å². The van der Waals surface area contributed by atoms with Crippen LogP contribution >= 0.6 is 0 Å². The van der Waals surface area contributed by atoms with Gasteiger partial charge in [0.25, 0.3) is 0 Å². The smallest absolute Gasteiger partial charge is 0.203 e. The summed E-state index contributed by atoms with van der Waals surface area (Å²) in [7, 11) is 0. The molecule has 1 heterocycles. The molecule has 0 bridgehead atoms. The highest BCUT2D eigenvalue weighted by atomic mass is 16.3. The van der Waals surface area contributed by atoms with Crippen LogP contribution in [0.25, 0.3) is 5.57 Å². The lowest BCUT2D eigenvalue weighted by Crippen LogP contribution is -2.25. The van der Waals surface area contributed by atoms with E-state index in [1.54, 1.807) is 12.1 Å². The Morgan fingerprint density at radius 2 is 1.83 bits per heavy atom. The molecular formula is C29H36N2O4. The van der Waals surface area contributed by atoms with Crippen LogP contribution in [0.2, 0.25) is 0 Å². The van der Waals surface area contributed by atoms with Crippen molar-refractivity contribution in [3.63, 3.8) is 0 Å². The highest BCUT2D eigenvalue weighted by molar-refractivity contribution is 6.40. The molecule has 6 heteroatoms. The molecule has 2 aliphatic carbocycles. The normalized spacial score (nSPS) is 20.6. The number of allylic oxidation sites excluding steroid dienone is 4. The molecule has 0 aromatic heterocycles. The quantitative estimate of drug-likeness (QED) is 0.423. The molecule has 3 aliphatic rings. The summed E-state index contributed by atoms with van der Waals surface area (Å²) in [5.41, 5.74) is 4.93. The molecule has 1 aromatic rings. The summed E-state index contributed by atoms with van der Waals surface area (Å²) < 4.78 is 0. The maximum absolute atomic E-state index is 13.0. The van der Waals surface area contributed by atoms with E-state index in [1.807, 2.05) is 33.8 Å². The lowest BCUT2D eigenvalue weighted by atomic mass is 9.81. The van der Waals surface area contributed by atoms with Crippen molar-refractivity contribution in [2.45, 2.75) is 72.6 Å². The van der Waals surface area contributed by atoms with Crippen molar-refractivity contribution in [1.82, 2.24) is 0 Å². The number of anilines is 1. The molecule has 0 amide bonds. The van der Waals surface area contributed by atoms with E-state index in [1.165, 1.54) is 12.8 Å². The maximum Gasteiger partial charge on any atom is 0.203 e. The first-order chi connectivity index (χ1) is 16.8. The van der Waals surface area contributed by atoms with Crippen molar-refractivity contribution in [2.24, 2.45) is 10.9 Å². The second-order valence-electron chi connectivity index (χ2n) is 9.76. The molecule has 0 radical (unpaired) electrons. The molecule has 35 heavy (non-hydrogen) atoms. The van der Waals surface area contributed by atoms with Gasteiger partial charge < -0.3 is 15.1 Å². The van der Waals surface area contributed by atoms with Crippen LogP contribution in [0, 0.1) is 5.92 Å². The topological polar surface area (TPSA) is 90.2 Å². The lowest BCUT2D eigenvalue weighted by molar-refractivity contribution is -0.122. The van der Waals surface area contributed by atoms with Crippen LogP contribution < -0.4 is 4.90 Å². The van der Waals surface area contributed by atoms with Gasteiger partial charge in [0.05, 0.1) is 16.8 Å². The second kappa shape index (κ2) is 10.2. The summed E-state index contributed by atoms with van der Waals surface area (Å²) in [6, 6.07) is 5.17. The Balaban J connectivity index is 1.50. The van der Waals surface area contributed by atoms with Crippen LogP contribution in [0.5, 0.6) is 5.75 Å². The number of phenolic OH excluding ortho intramolecular Hbond substituents is 1. The minimum atomic E-state index is -0.299. The number of rotatable bonds is 9. The first-order valence-corrected chi connectivity index (χ1v) is 12.9. The highest BCUT2D eigenvalue weighted by Crippen LogP contribution is 2.44. The number of hydrogen-bond donors (Lipinski definition) is 2. The van der Waals surface area contributed by atoms with Gasteiger partial charge in [0.1, 0.15) is 17.3 Å². The Hall–Kier alpha value is -3.15. The fraction of sp³-hybridized carbons (Fsp3) is 0.483. The largest absolute Gasteiger partial charge is 0.507 e. The van der Waals surface area contributed by atoms with E-state index in [9.17, 15) is 19.8 Å². The fourth-order valence-electron chi connectivity index (χ4n) is 5.66. The van der Waals surface area contributed by atoms with Gasteiger partial charge in [-0.1, -0.05) is 19.8 Å². The zero-order valence-corrected chi connectivity index (χ0v) is 21.3. The van der Waals surface area contributed by atoms with E-state index in [0.29, 0.717) is 23.5 Å². The van der Waals surface area contributed by atoms with Gasteiger partial charge in [-0.2, -0.15) is 0 Å². The first-order valence-electron chi connectivity index (χ1n) is 12.9. The summed E-state index contributed by atoms with van der Waals surface area (Å²) in [6.07, 6.45) is 6.58. The van der Waals surface area contributed by atoms with Crippen LogP contribution in [0.1, 0.15) is 78.2 Å².